The number of unbranched alkanes of at least 4 members (excludes halogenated alkanes) is 6. The molecule has 0 bridgehead atoms. The summed E-state index contributed by atoms with van der Waals surface area (Å²) in [5, 5.41) is 4.40. The number of anilines is 1. The topological polar surface area (TPSA) is 73.2 Å². The first-order valence-electron chi connectivity index (χ1n) is 16.8. The number of aromatic nitrogens is 1. The number of carbonyl (C=O) groups excluding carboxylic acids is 1. The molecule has 0 spiro atoms. The fraction of sp³-hybridized carbons (Fsp3) is 0.459. The Hall–Kier alpha value is -3.82. The van der Waals surface area contributed by atoms with Crippen LogP contribution in [0.15, 0.2) is 76.9 Å². The Labute approximate surface area is 276 Å². The molecule has 3 heterocycles. The van der Waals surface area contributed by atoms with Crippen molar-refractivity contribution in [2.75, 3.05) is 50.8 Å². The van der Waals surface area contributed by atoms with Gasteiger partial charge in [-0.1, -0.05) is 50.8 Å². The monoisotopic (exact) mass is 645 g/mol. The number of piperazine rings is 1. The van der Waals surface area contributed by atoms with Crippen LogP contribution in [-0.4, -0.2) is 61.6 Å². The minimum atomic E-state index is -0.801. The van der Waals surface area contributed by atoms with Crippen LogP contribution in [-0.2, 0) is 16.2 Å². The number of allylic oxidation sites excluding steroid dienone is 1. The van der Waals surface area contributed by atoms with Crippen LogP contribution < -0.4 is 15.2 Å². The van der Waals surface area contributed by atoms with Crippen molar-refractivity contribution in [2.45, 2.75) is 65.0 Å². The molecular formula is C37H47N3O5S. The lowest BCUT2D eigenvalue weighted by molar-refractivity contribution is 0.0408. The average molecular weight is 646 g/mol. The SMILES string of the molecule is CCCCCCC/C=C/COC(=O)OCn1c(=O)ccc2ccc(OCCCCN3CCN(c4cccc5sccc45)CC3)cc21. The third-order valence-electron chi connectivity index (χ3n) is 8.54. The summed E-state index contributed by atoms with van der Waals surface area (Å²) in [7, 11) is 0. The summed E-state index contributed by atoms with van der Waals surface area (Å²) in [5.41, 5.74) is 1.75. The van der Waals surface area contributed by atoms with Gasteiger partial charge in [-0.2, -0.15) is 0 Å². The fourth-order valence-electron chi connectivity index (χ4n) is 5.91. The highest BCUT2D eigenvalue weighted by atomic mass is 32.1. The standard InChI is InChI=1S/C37H47N3O5S/c1-2-3-4-5-6-7-8-10-26-44-37(42)45-29-40-34-28-31(17-15-30(34)16-18-36(40)41)43-25-11-9-20-38-21-23-39(24-22-38)33-13-12-14-35-32(33)19-27-46-35/h8,10,12-19,27-28H,2-7,9,11,20-26,29H2,1H3/b10-8+. The van der Waals surface area contributed by atoms with E-state index in [1.807, 2.05) is 30.4 Å². The first kappa shape index (κ1) is 33.5. The van der Waals surface area contributed by atoms with Crippen molar-refractivity contribution in [3.63, 3.8) is 0 Å². The molecule has 0 radical (unpaired) electrons. The number of hydrogen-bond donors (Lipinski definition) is 0. The Kier molecular flexibility index (Phi) is 13.0. The van der Waals surface area contributed by atoms with E-state index in [4.69, 9.17) is 14.2 Å². The molecule has 9 heteroatoms. The zero-order valence-electron chi connectivity index (χ0n) is 27.0. The van der Waals surface area contributed by atoms with Crippen LogP contribution in [0, 0.1) is 0 Å². The van der Waals surface area contributed by atoms with Crippen LogP contribution in [0.25, 0.3) is 21.0 Å². The van der Waals surface area contributed by atoms with E-state index in [0.29, 0.717) is 17.9 Å². The second-order valence-electron chi connectivity index (χ2n) is 11.8. The first-order valence-corrected chi connectivity index (χ1v) is 17.6. The molecule has 0 unspecified atom stereocenters. The molecular weight excluding hydrogens is 598 g/mol. The summed E-state index contributed by atoms with van der Waals surface area (Å²) in [6, 6.07) is 17.7. The van der Waals surface area contributed by atoms with Gasteiger partial charge in [0, 0.05) is 54.1 Å². The summed E-state index contributed by atoms with van der Waals surface area (Å²) >= 11 is 1.80. The third kappa shape index (κ3) is 9.59. The highest BCUT2D eigenvalue weighted by molar-refractivity contribution is 7.17. The van der Waals surface area contributed by atoms with Gasteiger partial charge < -0.3 is 19.1 Å². The summed E-state index contributed by atoms with van der Waals surface area (Å²) in [5.74, 6) is 0.686. The zero-order valence-corrected chi connectivity index (χ0v) is 27.8. The van der Waals surface area contributed by atoms with E-state index in [-0.39, 0.29) is 18.9 Å². The number of rotatable bonds is 17. The molecule has 0 saturated carbocycles. The van der Waals surface area contributed by atoms with E-state index in [1.165, 1.54) is 52.1 Å². The van der Waals surface area contributed by atoms with Gasteiger partial charge in [-0.05, 0) is 79.4 Å². The lowest BCUT2D eigenvalue weighted by atomic mass is 10.1. The van der Waals surface area contributed by atoms with Crippen molar-refractivity contribution in [1.82, 2.24) is 9.47 Å². The van der Waals surface area contributed by atoms with Crippen molar-refractivity contribution in [2.24, 2.45) is 0 Å². The van der Waals surface area contributed by atoms with Gasteiger partial charge in [0.2, 0.25) is 0 Å². The summed E-state index contributed by atoms with van der Waals surface area (Å²) < 4.78 is 19.3. The van der Waals surface area contributed by atoms with E-state index >= 15 is 0 Å². The quantitative estimate of drug-likeness (QED) is 0.0651. The van der Waals surface area contributed by atoms with Gasteiger partial charge in [0.25, 0.3) is 5.56 Å². The molecule has 8 nitrogen and oxygen atoms in total. The Bertz CT molecular complexity index is 1620. The molecule has 1 fully saturated rings. The van der Waals surface area contributed by atoms with Crippen LogP contribution in [0.4, 0.5) is 10.5 Å². The molecule has 0 aliphatic carbocycles. The molecule has 1 aliphatic heterocycles. The molecule has 0 N–H and O–H groups in total. The van der Waals surface area contributed by atoms with Gasteiger partial charge in [0.1, 0.15) is 12.4 Å². The maximum atomic E-state index is 12.7. The minimum absolute atomic E-state index is 0.152. The largest absolute Gasteiger partial charge is 0.510 e. The summed E-state index contributed by atoms with van der Waals surface area (Å²) in [6.07, 6.45) is 12.2. The molecule has 46 heavy (non-hydrogen) atoms. The van der Waals surface area contributed by atoms with E-state index in [1.54, 1.807) is 17.4 Å². The van der Waals surface area contributed by atoms with Crippen molar-refractivity contribution in [3.8, 4) is 5.75 Å². The van der Waals surface area contributed by atoms with Gasteiger partial charge in [-0.15, -0.1) is 11.3 Å². The number of carbonyl (C=O) groups is 1. The highest BCUT2D eigenvalue weighted by Gasteiger charge is 2.18. The number of hydrogen-bond acceptors (Lipinski definition) is 8. The van der Waals surface area contributed by atoms with Crippen LogP contribution in [0.2, 0.25) is 0 Å². The predicted octanol–water partition coefficient (Wildman–Crippen LogP) is 8.22. The number of fused-ring (bicyclic) bond motifs is 2. The van der Waals surface area contributed by atoms with Gasteiger partial charge in [0.05, 0.1) is 12.1 Å². The zero-order chi connectivity index (χ0) is 32.0. The van der Waals surface area contributed by atoms with Crippen LogP contribution in [0.3, 0.4) is 0 Å². The summed E-state index contributed by atoms with van der Waals surface area (Å²) in [4.78, 5) is 29.8. The fourth-order valence-corrected chi connectivity index (χ4v) is 6.72. The number of nitrogens with zero attached hydrogens (tertiary/aromatic N) is 3. The number of benzene rings is 2. The Morgan fingerprint density at radius 2 is 1.74 bits per heavy atom. The Morgan fingerprint density at radius 3 is 2.61 bits per heavy atom. The van der Waals surface area contributed by atoms with Gasteiger partial charge in [0.15, 0.2) is 6.73 Å². The summed E-state index contributed by atoms with van der Waals surface area (Å²) in [6.45, 7) is 8.00. The second-order valence-corrected chi connectivity index (χ2v) is 12.8. The molecule has 0 amide bonds. The average Bonchev–Trinajstić information content (AvgIpc) is 3.57. The van der Waals surface area contributed by atoms with Crippen LogP contribution in [0.1, 0.15) is 58.3 Å². The maximum Gasteiger partial charge on any atom is 0.510 e. The molecule has 1 aliphatic rings. The smallest absolute Gasteiger partial charge is 0.494 e. The lowest BCUT2D eigenvalue weighted by Crippen LogP contribution is -2.46. The third-order valence-corrected chi connectivity index (χ3v) is 9.42. The first-order chi connectivity index (χ1) is 22.6. The van der Waals surface area contributed by atoms with Crippen LogP contribution >= 0.6 is 11.3 Å². The molecule has 246 valence electrons. The second kappa shape index (κ2) is 17.8. The van der Waals surface area contributed by atoms with E-state index < -0.39 is 6.16 Å². The van der Waals surface area contributed by atoms with Crippen molar-refractivity contribution < 1.29 is 19.0 Å². The predicted molar refractivity (Wildman–Crippen MR) is 188 cm³/mol. The van der Waals surface area contributed by atoms with Gasteiger partial charge >= 0.3 is 6.16 Å². The number of ether oxygens (including phenoxy) is 3. The van der Waals surface area contributed by atoms with Crippen molar-refractivity contribution in [1.29, 1.82) is 0 Å². The maximum absolute atomic E-state index is 12.7. The van der Waals surface area contributed by atoms with Gasteiger partial charge in [-0.25, -0.2) is 4.79 Å². The lowest BCUT2D eigenvalue weighted by Gasteiger charge is -2.36. The molecule has 4 aromatic rings. The van der Waals surface area contributed by atoms with Crippen molar-refractivity contribution in [3.05, 3.63) is 82.5 Å². The number of thiophene rings is 1. The highest BCUT2D eigenvalue weighted by Crippen LogP contribution is 2.31. The Morgan fingerprint density at radius 1 is 0.891 bits per heavy atom. The molecule has 2 aromatic heterocycles. The van der Waals surface area contributed by atoms with E-state index in [9.17, 15) is 9.59 Å². The molecule has 1 saturated heterocycles. The molecule has 5 rings (SSSR count). The Balaban J connectivity index is 1.02. The molecule has 2 aromatic carbocycles. The van der Waals surface area contributed by atoms with Crippen LogP contribution in [0.5, 0.6) is 5.75 Å². The molecule has 0 atom stereocenters. The van der Waals surface area contributed by atoms with E-state index in [0.717, 1.165) is 63.8 Å². The van der Waals surface area contributed by atoms with Crippen molar-refractivity contribution >= 4 is 44.2 Å². The normalized spacial score (nSPS) is 14.0. The number of pyridine rings is 1. The van der Waals surface area contributed by atoms with Gasteiger partial charge in [-0.3, -0.25) is 14.3 Å². The van der Waals surface area contributed by atoms with E-state index in [2.05, 4.69) is 46.4 Å². The minimum Gasteiger partial charge on any atom is -0.494 e.